The first-order valence-corrected chi connectivity index (χ1v) is 8.94. The molecule has 0 amide bonds. The molecule has 0 saturated carbocycles. The van der Waals surface area contributed by atoms with E-state index in [-0.39, 0.29) is 0 Å². The molecule has 1 heterocycles. The largest absolute Gasteiger partial charge is 0.298 e. The molecule has 0 aromatic carbocycles. The summed E-state index contributed by atoms with van der Waals surface area (Å²) in [6.07, 6.45) is 5.07. The minimum Gasteiger partial charge on any atom is -0.298 e. The molecular formula is C16H29NS2. The fraction of sp³-hybridized carbons (Fsp3) is 0.750. The molecule has 1 aromatic rings. The smallest absolute Gasteiger partial charge is 0.0410 e. The van der Waals surface area contributed by atoms with Crippen LogP contribution >= 0.6 is 24.0 Å². The van der Waals surface area contributed by atoms with Crippen LogP contribution in [-0.2, 0) is 0 Å². The molecule has 0 fully saturated rings. The van der Waals surface area contributed by atoms with E-state index >= 15 is 0 Å². The van der Waals surface area contributed by atoms with Gasteiger partial charge < -0.3 is 0 Å². The van der Waals surface area contributed by atoms with Crippen molar-refractivity contribution in [1.82, 2.24) is 4.90 Å². The second kappa shape index (κ2) is 8.33. The predicted octanol–water partition coefficient (Wildman–Crippen LogP) is 5.26. The van der Waals surface area contributed by atoms with Crippen molar-refractivity contribution < 1.29 is 0 Å². The van der Waals surface area contributed by atoms with Gasteiger partial charge in [-0.15, -0.1) is 11.3 Å². The summed E-state index contributed by atoms with van der Waals surface area (Å²) in [6.45, 7) is 8.04. The monoisotopic (exact) mass is 299 g/mol. The highest BCUT2D eigenvalue weighted by Gasteiger charge is 2.30. The van der Waals surface area contributed by atoms with E-state index in [9.17, 15) is 0 Å². The van der Waals surface area contributed by atoms with Gasteiger partial charge in [-0.25, -0.2) is 0 Å². The summed E-state index contributed by atoms with van der Waals surface area (Å²) in [7, 11) is 2.26. The summed E-state index contributed by atoms with van der Waals surface area (Å²) >= 11 is 6.52. The van der Waals surface area contributed by atoms with Gasteiger partial charge in [-0.1, -0.05) is 32.8 Å². The van der Waals surface area contributed by atoms with Crippen LogP contribution in [0.2, 0.25) is 0 Å². The zero-order valence-corrected chi connectivity index (χ0v) is 14.6. The summed E-state index contributed by atoms with van der Waals surface area (Å²) in [6, 6.07) is 4.90. The van der Waals surface area contributed by atoms with Crippen molar-refractivity contribution in [2.75, 3.05) is 19.3 Å². The van der Waals surface area contributed by atoms with Crippen LogP contribution in [-0.4, -0.2) is 24.2 Å². The Labute approximate surface area is 128 Å². The first-order chi connectivity index (χ1) is 9.08. The van der Waals surface area contributed by atoms with Crippen molar-refractivity contribution in [3.05, 3.63) is 22.4 Å². The van der Waals surface area contributed by atoms with E-state index in [1.165, 1.54) is 30.6 Å². The van der Waals surface area contributed by atoms with Gasteiger partial charge in [0.25, 0.3) is 0 Å². The Hall–Kier alpha value is 0.01000. The molecule has 1 rings (SSSR count). The second-order valence-electron chi connectivity index (χ2n) is 5.76. The molecule has 1 unspecified atom stereocenters. The number of hydrogen-bond donors (Lipinski definition) is 1. The SMILES string of the molecule is CCCC(CS)(CCC)CN(C)C(C)c1cccs1. The number of rotatable bonds is 9. The molecule has 1 aromatic heterocycles. The molecule has 1 atom stereocenters. The van der Waals surface area contributed by atoms with Crippen LogP contribution in [0.25, 0.3) is 0 Å². The number of hydrogen-bond acceptors (Lipinski definition) is 3. The second-order valence-corrected chi connectivity index (χ2v) is 7.06. The highest BCUT2D eigenvalue weighted by Crippen LogP contribution is 2.35. The lowest BCUT2D eigenvalue weighted by Crippen LogP contribution is -2.38. The van der Waals surface area contributed by atoms with Crippen molar-refractivity contribution in [2.24, 2.45) is 5.41 Å². The third-order valence-corrected chi connectivity index (χ3v) is 5.81. The van der Waals surface area contributed by atoms with Crippen LogP contribution in [0.5, 0.6) is 0 Å². The third kappa shape index (κ3) is 4.80. The van der Waals surface area contributed by atoms with E-state index in [0.717, 1.165) is 12.3 Å². The van der Waals surface area contributed by atoms with Gasteiger partial charge in [0.1, 0.15) is 0 Å². The van der Waals surface area contributed by atoms with E-state index in [0.29, 0.717) is 11.5 Å². The van der Waals surface area contributed by atoms with E-state index < -0.39 is 0 Å². The quantitative estimate of drug-likeness (QED) is 0.609. The first-order valence-electron chi connectivity index (χ1n) is 7.43. The number of thiol groups is 1. The Morgan fingerprint density at radius 3 is 2.37 bits per heavy atom. The Kier molecular flexibility index (Phi) is 7.48. The van der Waals surface area contributed by atoms with E-state index in [1.807, 2.05) is 11.3 Å². The molecular weight excluding hydrogens is 270 g/mol. The standard InChI is InChI=1S/C16H29NS2/c1-5-9-16(13-18,10-6-2)12-17(4)14(3)15-8-7-11-19-15/h7-8,11,14,18H,5-6,9-10,12-13H2,1-4H3. The van der Waals surface area contributed by atoms with Crippen LogP contribution in [0.4, 0.5) is 0 Å². The Balaban J connectivity index is 2.72. The van der Waals surface area contributed by atoms with Crippen LogP contribution < -0.4 is 0 Å². The van der Waals surface area contributed by atoms with Crippen LogP contribution in [0.1, 0.15) is 57.4 Å². The van der Waals surface area contributed by atoms with Gasteiger partial charge in [-0.2, -0.15) is 12.6 Å². The van der Waals surface area contributed by atoms with E-state index in [2.05, 4.69) is 62.9 Å². The Morgan fingerprint density at radius 1 is 1.32 bits per heavy atom. The van der Waals surface area contributed by atoms with Crippen molar-refractivity contribution in [3.8, 4) is 0 Å². The summed E-state index contributed by atoms with van der Waals surface area (Å²) in [4.78, 5) is 3.97. The fourth-order valence-electron chi connectivity index (χ4n) is 2.96. The van der Waals surface area contributed by atoms with Gasteiger partial charge in [-0.05, 0) is 49.4 Å². The zero-order valence-electron chi connectivity index (χ0n) is 12.9. The molecule has 0 N–H and O–H groups in total. The highest BCUT2D eigenvalue weighted by atomic mass is 32.1. The van der Waals surface area contributed by atoms with Crippen molar-refractivity contribution >= 4 is 24.0 Å². The maximum Gasteiger partial charge on any atom is 0.0410 e. The van der Waals surface area contributed by atoms with Crippen molar-refractivity contribution in [1.29, 1.82) is 0 Å². The molecule has 3 heteroatoms. The lowest BCUT2D eigenvalue weighted by Gasteiger charge is -2.38. The fourth-order valence-corrected chi connectivity index (χ4v) is 4.23. The van der Waals surface area contributed by atoms with Crippen molar-refractivity contribution in [2.45, 2.75) is 52.5 Å². The van der Waals surface area contributed by atoms with Gasteiger partial charge in [0.2, 0.25) is 0 Å². The predicted molar refractivity (Wildman–Crippen MR) is 91.5 cm³/mol. The molecule has 1 nitrogen and oxygen atoms in total. The topological polar surface area (TPSA) is 3.24 Å². The molecule has 0 aliphatic heterocycles. The van der Waals surface area contributed by atoms with Gasteiger partial charge in [0.15, 0.2) is 0 Å². The average Bonchev–Trinajstić information content (AvgIpc) is 2.92. The van der Waals surface area contributed by atoms with Crippen LogP contribution in [0.15, 0.2) is 17.5 Å². The Morgan fingerprint density at radius 2 is 1.95 bits per heavy atom. The summed E-state index contributed by atoms with van der Waals surface area (Å²) in [5, 5.41) is 2.17. The molecule has 0 bridgehead atoms. The Bertz CT molecular complexity index is 329. The molecule has 0 radical (unpaired) electrons. The molecule has 110 valence electrons. The van der Waals surface area contributed by atoms with Gasteiger partial charge in [0.05, 0.1) is 0 Å². The molecule has 0 aliphatic rings. The normalized spacial score (nSPS) is 14.0. The summed E-state index contributed by atoms with van der Waals surface area (Å²) in [5.41, 5.74) is 0.382. The average molecular weight is 300 g/mol. The third-order valence-electron chi connectivity index (χ3n) is 4.10. The number of nitrogens with zero attached hydrogens (tertiary/aromatic N) is 1. The van der Waals surface area contributed by atoms with Crippen molar-refractivity contribution in [3.63, 3.8) is 0 Å². The van der Waals surface area contributed by atoms with E-state index in [1.54, 1.807) is 0 Å². The van der Waals surface area contributed by atoms with E-state index in [4.69, 9.17) is 0 Å². The highest BCUT2D eigenvalue weighted by molar-refractivity contribution is 7.80. The summed E-state index contributed by atoms with van der Waals surface area (Å²) in [5.74, 6) is 0.996. The number of thiophene rings is 1. The maximum absolute atomic E-state index is 4.66. The van der Waals surface area contributed by atoms with Crippen LogP contribution in [0, 0.1) is 5.41 Å². The minimum absolute atomic E-state index is 0.382. The molecule has 0 aliphatic carbocycles. The lowest BCUT2D eigenvalue weighted by molar-refractivity contribution is 0.140. The molecule has 0 spiro atoms. The van der Waals surface area contributed by atoms with Crippen LogP contribution in [0.3, 0.4) is 0 Å². The molecule has 19 heavy (non-hydrogen) atoms. The molecule has 0 saturated heterocycles. The van der Waals surface area contributed by atoms with Gasteiger partial charge in [-0.3, -0.25) is 4.90 Å². The van der Waals surface area contributed by atoms with Gasteiger partial charge >= 0.3 is 0 Å². The zero-order chi connectivity index (χ0) is 14.3. The van der Waals surface area contributed by atoms with Gasteiger partial charge in [0, 0.05) is 17.5 Å². The maximum atomic E-state index is 4.66. The lowest BCUT2D eigenvalue weighted by atomic mass is 9.80. The first kappa shape index (κ1) is 17.1. The minimum atomic E-state index is 0.382. The summed E-state index contributed by atoms with van der Waals surface area (Å²) < 4.78 is 0.